The molecule has 0 heterocycles. The summed E-state index contributed by atoms with van der Waals surface area (Å²) in [7, 11) is 0. The van der Waals surface area contributed by atoms with Gasteiger partial charge in [0.1, 0.15) is 5.75 Å². The highest BCUT2D eigenvalue weighted by Gasteiger charge is 2.06. The molecule has 0 spiro atoms. The smallest absolute Gasteiger partial charge is 0.175 e. The molecule has 0 fully saturated rings. The second kappa shape index (κ2) is 6.89. The minimum Gasteiger partial charge on any atom is -0.507 e. The lowest BCUT2D eigenvalue weighted by Crippen LogP contribution is -2.19. The van der Waals surface area contributed by atoms with Gasteiger partial charge in [0.15, 0.2) is 5.11 Å². The van der Waals surface area contributed by atoms with E-state index in [0.29, 0.717) is 11.0 Å². The van der Waals surface area contributed by atoms with Crippen LogP contribution in [0.4, 0.5) is 11.4 Å². The van der Waals surface area contributed by atoms with Crippen molar-refractivity contribution in [3.05, 3.63) is 66.2 Å². The topological polar surface area (TPSA) is 44.3 Å². The summed E-state index contributed by atoms with van der Waals surface area (Å²) in [6, 6.07) is 19.4. The lowest BCUT2D eigenvalue weighted by atomic mass is 10.0. The van der Waals surface area contributed by atoms with Gasteiger partial charge >= 0.3 is 0 Å². The van der Waals surface area contributed by atoms with Crippen molar-refractivity contribution in [2.45, 2.75) is 19.8 Å². The van der Waals surface area contributed by atoms with Crippen molar-refractivity contribution in [2.75, 3.05) is 10.6 Å². The second-order valence-electron chi connectivity index (χ2n) is 6.03. The Hall–Kier alpha value is -2.59. The van der Waals surface area contributed by atoms with Crippen LogP contribution in [0, 0.1) is 0 Å². The van der Waals surface area contributed by atoms with Crippen molar-refractivity contribution in [1.82, 2.24) is 0 Å². The molecule has 3 N–H and O–H groups in total. The lowest BCUT2D eigenvalue weighted by Gasteiger charge is -2.14. The van der Waals surface area contributed by atoms with Crippen LogP contribution in [-0.4, -0.2) is 10.2 Å². The van der Waals surface area contributed by atoms with Crippen LogP contribution in [0.15, 0.2) is 60.7 Å². The monoisotopic (exact) mass is 336 g/mol. The molecular weight excluding hydrogens is 316 g/mol. The number of phenolic OH excluding ortho intramolecular Hbond substituents is 1. The van der Waals surface area contributed by atoms with E-state index in [4.69, 9.17) is 12.2 Å². The van der Waals surface area contributed by atoms with Crippen LogP contribution < -0.4 is 10.6 Å². The van der Waals surface area contributed by atoms with Crippen LogP contribution in [0.3, 0.4) is 0 Å². The van der Waals surface area contributed by atoms with Gasteiger partial charge in [-0.2, -0.15) is 0 Å². The molecule has 3 nitrogen and oxygen atoms in total. The van der Waals surface area contributed by atoms with Crippen molar-refractivity contribution in [3.8, 4) is 5.75 Å². The van der Waals surface area contributed by atoms with Gasteiger partial charge in [0.05, 0.1) is 0 Å². The zero-order chi connectivity index (χ0) is 17.1. The first-order chi connectivity index (χ1) is 11.5. The maximum Gasteiger partial charge on any atom is 0.175 e. The Morgan fingerprint density at radius 2 is 1.54 bits per heavy atom. The third-order valence-electron chi connectivity index (χ3n) is 3.98. The van der Waals surface area contributed by atoms with E-state index >= 15 is 0 Å². The third-order valence-corrected chi connectivity index (χ3v) is 4.19. The largest absolute Gasteiger partial charge is 0.507 e. The van der Waals surface area contributed by atoms with Gasteiger partial charge in [0.2, 0.25) is 0 Å². The Morgan fingerprint density at radius 1 is 0.875 bits per heavy atom. The summed E-state index contributed by atoms with van der Waals surface area (Å²) < 4.78 is 0. The molecule has 0 amide bonds. The Balaban J connectivity index is 1.77. The maximum absolute atomic E-state index is 9.96. The van der Waals surface area contributed by atoms with E-state index in [-0.39, 0.29) is 5.75 Å². The van der Waals surface area contributed by atoms with Gasteiger partial charge in [-0.3, -0.25) is 0 Å². The van der Waals surface area contributed by atoms with Gasteiger partial charge in [0.25, 0.3) is 0 Å². The molecule has 0 radical (unpaired) electrons. The fraction of sp³-hybridized carbons (Fsp3) is 0.150. The number of nitrogens with one attached hydrogen (secondary N) is 2. The van der Waals surface area contributed by atoms with Crippen LogP contribution in [0.2, 0.25) is 0 Å². The van der Waals surface area contributed by atoms with Gasteiger partial charge in [-0.25, -0.2) is 0 Å². The van der Waals surface area contributed by atoms with Crippen molar-refractivity contribution in [1.29, 1.82) is 0 Å². The summed E-state index contributed by atoms with van der Waals surface area (Å²) in [5.41, 5.74) is 3.10. The Labute approximate surface area is 147 Å². The summed E-state index contributed by atoms with van der Waals surface area (Å²) in [5, 5.41) is 18.6. The molecule has 0 aliphatic heterocycles. The van der Waals surface area contributed by atoms with Crippen LogP contribution >= 0.6 is 12.2 Å². The van der Waals surface area contributed by atoms with Gasteiger partial charge in [-0.15, -0.1) is 0 Å². The molecule has 0 unspecified atom stereocenters. The highest BCUT2D eigenvalue weighted by atomic mass is 32.1. The van der Waals surface area contributed by atoms with Crippen LogP contribution in [-0.2, 0) is 0 Å². The van der Waals surface area contributed by atoms with Crippen LogP contribution in [0.25, 0.3) is 10.8 Å². The van der Waals surface area contributed by atoms with Gasteiger partial charge in [0, 0.05) is 22.1 Å². The predicted octanol–water partition coefficient (Wildman–Crippen LogP) is 5.48. The zero-order valence-electron chi connectivity index (χ0n) is 13.7. The number of fused-ring (bicyclic) bond motifs is 1. The number of rotatable bonds is 3. The van der Waals surface area contributed by atoms with Crippen LogP contribution in [0.1, 0.15) is 25.3 Å². The number of benzene rings is 3. The Bertz CT molecular complexity index is 872. The van der Waals surface area contributed by atoms with Crippen LogP contribution in [0.5, 0.6) is 5.75 Å². The van der Waals surface area contributed by atoms with Gasteiger partial charge in [-0.1, -0.05) is 50.2 Å². The van der Waals surface area contributed by atoms with E-state index in [1.807, 2.05) is 42.5 Å². The summed E-state index contributed by atoms with van der Waals surface area (Å²) >= 11 is 5.41. The molecule has 0 saturated heterocycles. The van der Waals surface area contributed by atoms with Crippen molar-refractivity contribution >= 4 is 39.5 Å². The quantitative estimate of drug-likeness (QED) is 0.554. The number of hydrogen-bond acceptors (Lipinski definition) is 2. The molecule has 4 heteroatoms. The zero-order valence-corrected chi connectivity index (χ0v) is 14.5. The summed E-state index contributed by atoms with van der Waals surface area (Å²) in [6.07, 6.45) is 0. The first kappa shape index (κ1) is 16.3. The number of thiocarbonyl (C=S) groups is 1. The van der Waals surface area contributed by atoms with E-state index in [2.05, 4.69) is 36.6 Å². The van der Waals surface area contributed by atoms with E-state index < -0.39 is 0 Å². The molecule has 122 valence electrons. The van der Waals surface area contributed by atoms with Crippen molar-refractivity contribution in [2.24, 2.45) is 0 Å². The average Bonchev–Trinajstić information content (AvgIpc) is 2.56. The fourth-order valence-electron chi connectivity index (χ4n) is 2.64. The van der Waals surface area contributed by atoms with Gasteiger partial charge < -0.3 is 15.7 Å². The SMILES string of the molecule is CC(C)c1ccc(NC(=S)Nc2cccc3c(O)cccc23)cc1. The molecule has 24 heavy (non-hydrogen) atoms. The van der Waals surface area contributed by atoms with Gasteiger partial charge in [-0.05, 0) is 48.0 Å². The lowest BCUT2D eigenvalue weighted by molar-refractivity contribution is 0.481. The minimum absolute atomic E-state index is 0.263. The first-order valence-corrected chi connectivity index (χ1v) is 8.34. The molecule has 0 bridgehead atoms. The minimum atomic E-state index is 0.263. The number of hydrogen-bond donors (Lipinski definition) is 3. The summed E-state index contributed by atoms with van der Waals surface area (Å²) in [6.45, 7) is 4.34. The standard InChI is InChI=1S/C20H20N2OS/c1-13(2)14-9-11-15(12-10-14)21-20(24)22-18-7-3-6-17-16(18)5-4-8-19(17)23/h3-13,23H,1-2H3,(H2,21,22,24). The Morgan fingerprint density at radius 3 is 2.25 bits per heavy atom. The first-order valence-electron chi connectivity index (χ1n) is 7.93. The number of aromatic hydroxyl groups is 1. The van der Waals surface area contributed by atoms with E-state index in [1.54, 1.807) is 6.07 Å². The van der Waals surface area contributed by atoms with E-state index in [0.717, 1.165) is 22.1 Å². The maximum atomic E-state index is 9.96. The highest BCUT2D eigenvalue weighted by Crippen LogP contribution is 2.29. The molecular formula is C20H20N2OS. The number of anilines is 2. The van der Waals surface area contributed by atoms with Crippen molar-refractivity contribution in [3.63, 3.8) is 0 Å². The average molecular weight is 336 g/mol. The molecule has 3 aromatic rings. The highest BCUT2D eigenvalue weighted by molar-refractivity contribution is 7.80. The van der Waals surface area contributed by atoms with E-state index in [9.17, 15) is 5.11 Å². The third kappa shape index (κ3) is 3.49. The fourth-order valence-corrected chi connectivity index (χ4v) is 2.87. The Kier molecular flexibility index (Phi) is 4.67. The molecule has 0 atom stereocenters. The van der Waals surface area contributed by atoms with E-state index in [1.165, 1.54) is 5.56 Å². The summed E-state index contributed by atoms with van der Waals surface area (Å²) in [5.74, 6) is 0.770. The molecule has 0 aliphatic carbocycles. The van der Waals surface area contributed by atoms with Crippen molar-refractivity contribution < 1.29 is 5.11 Å². The second-order valence-corrected chi connectivity index (χ2v) is 6.44. The molecule has 0 aromatic heterocycles. The molecule has 3 rings (SSSR count). The molecule has 0 saturated carbocycles. The molecule has 3 aromatic carbocycles. The summed E-state index contributed by atoms with van der Waals surface area (Å²) in [4.78, 5) is 0. The normalized spacial score (nSPS) is 10.8. The predicted molar refractivity (Wildman–Crippen MR) is 106 cm³/mol. The molecule has 0 aliphatic rings. The number of phenols is 1.